The van der Waals surface area contributed by atoms with Gasteiger partial charge >= 0.3 is 0 Å². The van der Waals surface area contributed by atoms with E-state index in [2.05, 4.69) is 50.8 Å². The highest BCUT2D eigenvalue weighted by Crippen LogP contribution is 2.31. The lowest BCUT2D eigenvalue weighted by Gasteiger charge is -2.36. The van der Waals surface area contributed by atoms with Crippen molar-refractivity contribution in [1.82, 2.24) is 14.9 Å². The Hall–Kier alpha value is -2.43. The van der Waals surface area contributed by atoms with E-state index in [-0.39, 0.29) is 5.91 Å². The highest BCUT2D eigenvalue weighted by molar-refractivity contribution is 5.73. The molecular formula is C21H28N4O. The Bertz CT molecular complexity index is 808. The lowest BCUT2D eigenvalue weighted by molar-refractivity contribution is -0.129. The van der Waals surface area contributed by atoms with Gasteiger partial charge in [-0.05, 0) is 25.8 Å². The molecule has 138 valence electrons. The fourth-order valence-electron chi connectivity index (χ4n) is 3.63. The molecule has 26 heavy (non-hydrogen) atoms. The first-order valence-corrected chi connectivity index (χ1v) is 9.33. The quantitative estimate of drug-likeness (QED) is 0.848. The van der Waals surface area contributed by atoms with E-state index in [4.69, 9.17) is 9.97 Å². The van der Waals surface area contributed by atoms with Crippen LogP contribution < -0.4 is 4.90 Å². The third kappa shape index (κ3) is 3.71. The number of benzene rings is 1. The van der Waals surface area contributed by atoms with Crippen LogP contribution in [0.25, 0.3) is 11.4 Å². The van der Waals surface area contributed by atoms with Crippen molar-refractivity contribution in [3.05, 3.63) is 41.1 Å². The van der Waals surface area contributed by atoms with Crippen LogP contribution >= 0.6 is 0 Å². The monoisotopic (exact) mass is 352 g/mol. The van der Waals surface area contributed by atoms with E-state index in [1.807, 2.05) is 11.0 Å². The number of hydrogen-bond acceptors (Lipinski definition) is 4. The Morgan fingerprint density at radius 2 is 1.77 bits per heavy atom. The van der Waals surface area contributed by atoms with Crippen LogP contribution in [0.3, 0.4) is 0 Å². The zero-order valence-electron chi connectivity index (χ0n) is 16.4. The number of aryl methyl sites for hydroxylation is 2. The lowest BCUT2D eigenvalue weighted by atomic mass is 10.0. The van der Waals surface area contributed by atoms with Crippen molar-refractivity contribution >= 4 is 11.7 Å². The second-order valence-corrected chi connectivity index (χ2v) is 7.39. The summed E-state index contributed by atoms with van der Waals surface area (Å²) in [4.78, 5) is 25.6. The van der Waals surface area contributed by atoms with Gasteiger partial charge in [-0.1, -0.05) is 37.6 Å². The van der Waals surface area contributed by atoms with Gasteiger partial charge in [-0.25, -0.2) is 9.97 Å². The summed E-state index contributed by atoms with van der Waals surface area (Å²) in [5.41, 5.74) is 4.49. The molecule has 3 rings (SSSR count). The number of aromatic nitrogens is 2. The number of anilines is 1. The van der Waals surface area contributed by atoms with Crippen molar-refractivity contribution in [1.29, 1.82) is 0 Å². The van der Waals surface area contributed by atoms with Crippen molar-refractivity contribution in [3.8, 4) is 11.4 Å². The molecule has 0 radical (unpaired) electrons. The molecule has 1 aliphatic rings. The highest BCUT2D eigenvalue weighted by Gasteiger charge is 2.25. The topological polar surface area (TPSA) is 49.3 Å². The van der Waals surface area contributed by atoms with Gasteiger partial charge in [0.05, 0.1) is 0 Å². The third-order valence-electron chi connectivity index (χ3n) is 4.99. The number of rotatable bonds is 3. The predicted octanol–water partition coefficient (Wildman–Crippen LogP) is 3.55. The van der Waals surface area contributed by atoms with Crippen molar-refractivity contribution in [3.63, 3.8) is 0 Å². The second kappa shape index (κ2) is 7.44. The molecule has 1 fully saturated rings. The molecule has 0 N–H and O–H groups in total. The van der Waals surface area contributed by atoms with E-state index in [0.29, 0.717) is 5.92 Å². The van der Waals surface area contributed by atoms with Gasteiger partial charge in [0.1, 0.15) is 5.82 Å². The van der Waals surface area contributed by atoms with E-state index < -0.39 is 0 Å². The number of amides is 1. The number of hydrogen-bond donors (Lipinski definition) is 0. The fraction of sp³-hybridized carbons (Fsp3) is 0.476. The molecule has 0 saturated carbocycles. The van der Waals surface area contributed by atoms with Crippen LogP contribution in [0.15, 0.2) is 24.3 Å². The molecule has 2 heterocycles. The van der Waals surface area contributed by atoms with Crippen LogP contribution in [0.5, 0.6) is 0 Å². The van der Waals surface area contributed by atoms with Crippen LogP contribution in [-0.4, -0.2) is 47.0 Å². The summed E-state index contributed by atoms with van der Waals surface area (Å²) in [5.74, 6) is 2.29. The van der Waals surface area contributed by atoms with Crippen LogP contribution in [0.4, 0.5) is 5.82 Å². The minimum absolute atomic E-state index is 0.146. The number of carbonyl (C=O) groups excluding carboxylic acids is 1. The maximum absolute atomic E-state index is 11.6. The normalized spacial score (nSPS) is 14.8. The maximum Gasteiger partial charge on any atom is 0.219 e. The van der Waals surface area contributed by atoms with Crippen molar-refractivity contribution < 1.29 is 4.79 Å². The van der Waals surface area contributed by atoms with E-state index in [9.17, 15) is 4.79 Å². The summed E-state index contributed by atoms with van der Waals surface area (Å²) in [6.45, 7) is 13.3. The zero-order chi connectivity index (χ0) is 18.8. The Balaban J connectivity index is 2.01. The van der Waals surface area contributed by atoms with Gasteiger partial charge in [-0.3, -0.25) is 4.79 Å². The molecule has 0 bridgehead atoms. The molecule has 1 aromatic carbocycles. The number of nitrogens with zero attached hydrogens (tertiary/aromatic N) is 4. The molecule has 1 aliphatic heterocycles. The number of piperazine rings is 1. The molecule has 5 nitrogen and oxygen atoms in total. The molecule has 1 aromatic heterocycles. The van der Waals surface area contributed by atoms with E-state index in [1.165, 1.54) is 11.1 Å². The molecule has 0 spiro atoms. The van der Waals surface area contributed by atoms with Gasteiger partial charge in [-0.15, -0.1) is 0 Å². The fourth-order valence-corrected chi connectivity index (χ4v) is 3.63. The average molecular weight is 352 g/mol. The zero-order valence-corrected chi connectivity index (χ0v) is 16.4. The molecule has 1 saturated heterocycles. The molecule has 2 aromatic rings. The van der Waals surface area contributed by atoms with Crippen LogP contribution in [-0.2, 0) is 4.79 Å². The first-order valence-electron chi connectivity index (χ1n) is 9.33. The molecule has 0 atom stereocenters. The summed E-state index contributed by atoms with van der Waals surface area (Å²) in [6.07, 6.45) is 0. The maximum atomic E-state index is 11.6. The minimum Gasteiger partial charge on any atom is -0.353 e. The Morgan fingerprint density at radius 1 is 1.08 bits per heavy atom. The van der Waals surface area contributed by atoms with E-state index in [0.717, 1.165) is 49.1 Å². The van der Waals surface area contributed by atoms with Gasteiger partial charge in [0.2, 0.25) is 5.91 Å². The standard InChI is InChI=1S/C21H28N4O/c1-14(2)19-16(4)22-20(18-8-6-7-15(3)13-18)23-21(19)25-11-9-24(10-12-25)17(5)26/h6-8,13-14H,9-12H2,1-5H3. The van der Waals surface area contributed by atoms with Crippen molar-refractivity contribution in [2.45, 2.75) is 40.5 Å². The van der Waals surface area contributed by atoms with Gasteiger partial charge in [0.15, 0.2) is 5.82 Å². The number of carbonyl (C=O) groups is 1. The van der Waals surface area contributed by atoms with Crippen LogP contribution in [0.2, 0.25) is 0 Å². The van der Waals surface area contributed by atoms with Crippen molar-refractivity contribution in [2.75, 3.05) is 31.1 Å². The first kappa shape index (κ1) is 18.4. The predicted molar refractivity (Wildman–Crippen MR) is 105 cm³/mol. The van der Waals surface area contributed by atoms with Crippen LogP contribution in [0, 0.1) is 13.8 Å². The third-order valence-corrected chi connectivity index (χ3v) is 4.99. The van der Waals surface area contributed by atoms with Gasteiger partial charge in [-0.2, -0.15) is 0 Å². The second-order valence-electron chi connectivity index (χ2n) is 7.39. The van der Waals surface area contributed by atoms with Gasteiger partial charge in [0, 0.05) is 49.9 Å². The molecule has 0 aliphatic carbocycles. The Kier molecular flexibility index (Phi) is 5.25. The Morgan fingerprint density at radius 3 is 2.35 bits per heavy atom. The first-order chi connectivity index (χ1) is 12.4. The smallest absolute Gasteiger partial charge is 0.219 e. The summed E-state index contributed by atoms with van der Waals surface area (Å²) in [6, 6.07) is 8.32. The van der Waals surface area contributed by atoms with Gasteiger partial charge < -0.3 is 9.80 Å². The highest BCUT2D eigenvalue weighted by atomic mass is 16.2. The largest absolute Gasteiger partial charge is 0.353 e. The molecular weight excluding hydrogens is 324 g/mol. The molecule has 0 unspecified atom stereocenters. The SMILES string of the molecule is CC(=O)N1CCN(c2nc(-c3cccc(C)c3)nc(C)c2C(C)C)CC1. The summed E-state index contributed by atoms with van der Waals surface area (Å²) in [5, 5.41) is 0. The lowest BCUT2D eigenvalue weighted by Crippen LogP contribution is -2.48. The summed E-state index contributed by atoms with van der Waals surface area (Å²) >= 11 is 0. The minimum atomic E-state index is 0.146. The Labute approximate surface area is 156 Å². The summed E-state index contributed by atoms with van der Waals surface area (Å²) < 4.78 is 0. The molecule has 1 amide bonds. The summed E-state index contributed by atoms with van der Waals surface area (Å²) in [7, 11) is 0. The van der Waals surface area contributed by atoms with E-state index in [1.54, 1.807) is 6.92 Å². The molecule has 5 heteroatoms. The average Bonchev–Trinajstić information content (AvgIpc) is 2.60. The van der Waals surface area contributed by atoms with Crippen LogP contribution in [0.1, 0.15) is 43.5 Å². The van der Waals surface area contributed by atoms with Gasteiger partial charge in [0.25, 0.3) is 0 Å². The van der Waals surface area contributed by atoms with Crippen molar-refractivity contribution in [2.24, 2.45) is 0 Å². The van der Waals surface area contributed by atoms with E-state index >= 15 is 0 Å².